The molecule has 2 heterocycles. The van der Waals surface area contributed by atoms with E-state index in [0.717, 1.165) is 17.0 Å². The second-order valence-corrected chi connectivity index (χ2v) is 9.66. The minimum absolute atomic E-state index is 0.0796. The highest BCUT2D eigenvalue weighted by Gasteiger charge is 2.30. The van der Waals surface area contributed by atoms with Crippen LogP contribution in [0.4, 0.5) is 5.69 Å². The molecule has 9 heteroatoms. The smallest absolute Gasteiger partial charge is 0.261 e. The number of rotatable bonds is 5. The van der Waals surface area contributed by atoms with Crippen molar-refractivity contribution in [1.29, 1.82) is 0 Å². The Bertz CT molecular complexity index is 1110. The van der Waals surface area contributed by atoms with Crippen LogP contribution in [-0.2, 0) is 0 Å². The van der Waals surface area contributed by atoms with E-state index < -0.39 is 0 Å². The van der Waals surface area contributed by atoms with E-state index in [0.29, 0.717) is 37.2 Å². The minimum atomic E-state index is -0.180. The highest BCUT2D eigenvalue weighted by molar-refractivity contribution is 7.18. The lowest BCUT2D eigenvalue weighted by Crippen LogP contribution is -2.28. The van der Waals surface area contributed by atoms with Crippen molar-refractivity contribution >= 4 is 75.0 Å². The normalized spacial score (nSPS) is 15.9. The molecule has 0 aliphatic carbocycles. The number of carbonyl (C=O) groups is 1. The summed E-state index contributed by atoms with van der Waals surface area (Å²) < 4.78 is 0.574. The number of nitrogens with zero attached hydrogens (tertiary/aromatic N) is 2. The summed E-state index contributed by atoms with van der Waals surface area (Å²) in [6.07, 6.45) is 0.631. The molecule has 1 unspecified atom stereocenters. The lowest BCUT2D eigenvalue weighted by molar-refractivity contribution is 0.0963. The Kier molecular flexibility index (Phi) is 6.56. The zero-order valence-electron chi connectivity index (χ0n) is 15.4. The molecule has 0 saturated carbocycles. The van der Waals surface area contributed by atoms with Crippen molar-refractivity contribution in [2.24, 2.45) is 5.10 Å². The maximum absolute atomic E-state index is 12.4. The molecule has 1 N–H and O–H groups in total. The van der Waals surface area contributed by atoms with E-state index in [1.54, 1.807) is 24.3 Å². The second-order valence-electron chi connectivity index (χ2n) is 6.66. The summed E-state index contributed by atoms with van der Waals surface area (Å²) in [5.74, 6) is -0.180. The van der Waals surface area contributed by atoms with E-state index in [1.807, 2.05) is 35.3 Å². The number of anilines is 1. The summed E-state index contributed by atoms with van der Waals surface area (Å²) in [5, 5.41) is 11.2. The first-order chi connectivity index (χ1) is 14.4. The molecule has 3 aromatic rings. The Morgan fingerprint density at radius 2 is 1.77 bits per heavy atom. The zero-order valence-corrected chi connectivity index (χ0v) is 19.3. The SMILES string of the molecule is O=C(NCC1=NN(c2ccc(Cl)cc2Cl)C(c2ccc(Cl)cc2)C1)c1ccc(Cl)s1. The molecule has 0 fully saturated rings. The number of hydrogen-bond donors (Lipinski definition) is 1. The average molecular weight is 499 g/mol. The third-order valence-electron chi connectivity index (χ3n) is 4.63. The monoisotopic (exact) mass is 497 g/mol. The molecular weight excluding hydrogens is 484 g/mol. The lowest BCUT2D eigenvalue weighted by Gasteiger charge is -2.25. The first-order valence-corrected chi connectivity index (χ1v) is 11.3. The van der Waals surface area contributed by atoms with Gasteiger partial charge in [-0.2, -0.15) is 5.10 Å². The molecule has 30 heavy (non-hydrogen) atoms. The Balaban J connectivity index is 1.58. The number of hydrogen-bond acceptors (Lipinski definition) is 4. The van der Waals surface area contributed by atoms with E-state index >= 15 is 0 Å². The number of thiophene rings is 1. The van der Waals surface area contributed by atoms with Crippen molar-refractivity contribution in [2.45, 2.75) is 12.5 Å². The Labute approximate surface area is 198 Å². The summed E-state index contributed by atoms with van der Waals surface area (Å²) in [6.45, 7) is 0.320. The maximum Gasteiger partial charge on any atom is 0.261 e. The van der Waals surface area contributed by atoms with Gasteiger partial charge in [0.2, 0.25) is 0 Å². The van der Waals surface area contributed by atoms with Gasteiger partial charge in [-0.05, 0) is 48.0 Å². The number of nitrogens with one attached hydrogen (secondary N) is 1. The number of carbonyl (C=O) groups excluding carboxylic acids is 1. The van der Waals surface area contributed by atoms with Crippen molar-refractivity contribution in [3.63, 3.8) is 0 Å². The summed E-state index contributed by atoms with van der Waals surface area (Å²) in [6, 6.07) is 16.3. The van der Waals surface area contributed by atoms with Crippen LogP contribution >= 0.6 is 57.7 Å². The third-order valence-corrected chi connectivity index (χ3v) is 6.65. The minimum Gasteiger partial charge on any atom is -0.346 e. The van der Waals surface area contributed by atoms with E-state index in [4.69, 9.17) is 51.5 Å². The van der Waals surface area contributed by atoms with Gasteiger partial charge in [-0.3, -0.25) is 9.80 Å². The Hall–Kier alpha value is -1.76. The molecule has 4 rings (SSSR count). The van der Waals surface area contributed by atoms with Gasteiger partial charge in [0.1, 0.15) is 0 Å². The number of amides is 1. The quantitative estimate of drug-likeness (QED) is 0.407. The molecule has 0 saturated heterocycles. The maximum atomic E-state index is 12.4. The van der Waals surface area contributed by atoms with Gasteiger partial charge in [-0.1, -0.05) is 58.5 Å². The van der Waals surface area contributed by atoms with Crippen molar-refractivity contribution in [3.05, 3.63) is 84.4 Å². The highest BCUT2D eigenvalue weighted by Crippen LogP contribution is 2.39. The van der Waals surface area contributed by atoms with Crippen LogP contribution in [0.1, 0.15) is 27.7 Å². The standard InChI is InChI=1S/C21H15Cl4N3OS/c22-13-3-1-12(2-4-13)18-10-15(11-26-21(29)19-7-8-20(25)30-19)27-28(18)17-6-5-14(23)9-16(17)24/h1-9,18H,10-11H2,(H,26,29). The van der Waals surface area contributed by atoms with Crippen LogP contribution < -0.4 is 10.3 Å². The fourth-order valence-electron chi connectivity index (χ4n) is 3.22. The molecule has 2 aromatic carbocycles. The van der Waals surface area contributed by atoms with Gasteiger partial charge in [0, 0.05) is 16.5 Å². The van der Waals surface area contributed by atoms with Crippen LogP contribution in [0, 0.1) is 0 Å². The van der Waals surface area contributed by atoms with E-state index in [9.17, 15) is 4.79 Å². The fourth-order valence-corrected chi connectivity index (χ4v) is 4.80. The first kappa shape index (κ1) is 21.5. The molecule has 1 amide bonds. The van der Waals surface area contributed by atoms with Gasteiger partial charge in [-0.15, -0.1) is 11.3 Å². The molecule has 0 spiro atoms. The van der Waals surface area contributed by atoms with Gasteiger partial charge in [0.15, 0.2) is 0 Å². The van der Waals surface area contributed by atoms with Crippen LogP contribution in [0.15, 0.2) is 59.7 Å². The van der Waals surface area contributed by atoms with Gasteiger partial charge >= 0.3 is 0 Å². The average Bonchev–Trinajstić information content (AvgIpc) is 3.33. The Morgan fingerprint density at radius 3 is 2.43 bits per heavy atom. The molecular formula is C21H15Cl4N3OS. The number of hydrazone groups is 1. The van der Waals surface area contributed by atoms with Crippen LogP contribution in [0.25, 0.3) is 0 Å². The molecule has 0 radical (unpaired) electrons. The number of benzene rings is 2. The lowest BCUT2D eigenvalue weighted by atomic mass is 10.0. The highest BCUT2D eigenvalue weighted by atomic mass is 35.5. The molecule has 1 aromatic heterocycles. The van der Waals surface area contributed by atoms with Crippen molar-refractivity contribution in [2.75, 3.05) is 11.6 Å². The van der Waals surface area contributed by atoms with Crippen LogP contribution in [-0.4, -0.2) is 18.2 Å². The third kappa shape index (κ3) is 4.76. The summed E-state index contributed by atoms with van der Waals surface area (Å²) >= 11 is 25.7. The second kappa shape index (κ2) is 9.16. The largest absolute Gasteiger partial charge is 0.346 e. The zero-order chi connectivity index (χ0) is 21.3. The van der Waals surface area contributed by atoms with Gasteiger partial charge in [0.25, 0.3) is 5.91 Å². The summed E-state index contributed by atoms with van der Waals surface area (Å²) in [7, 11) is 0. The Morgan fingerprint density at radius 1 is 1.03 bits per heavy atom. The van der Waals surface area contributed by atoms with Crippen LogP contribution in [0.2, 0.25) is 19.4 Å². The van der Waals surface area contributed by atoms with Crippen molar-refractivity contribution in [1.82, 2.24) is 5.32 Å². The number of halogens is 4. The molecule has 1 atom stereocenters. The van der Waals surface area contributed by atoms with Crippen LogP contribution in [0.5, 0.6) is 0 Å². The molecule has 4 nitrogen and oxygen atoms in total. The van der Waals surface area contributed by atoms with Crippen molar-refractivity contribution in [3.8, 4) is 0 Å². The summed E-state index contributed by atoms with van der Waals surface area (Å²) in [5.41, 5.74) is 2.62. The van der Waals surface area contributed by atoms with Gasteiger partial charge < -0.3 is 5.32 Å². The first-order valence-electron chi connectivity index (χ1n) is 9.00. The van der Waals surface area contributed by atoms with E-state index in [2.05, 4.69) is 5.32 Å². The molecule has 154 valence electrons. The molecule has 1 aliphatic heterocycles. The van der Waals surface area contributed by atoms with Gasteiger partial charge in [-0.25, -0.2) is 0 Å². The van der Waals surface area contributed by atoms with Crippen molar-refractivity contribution < 1.29 is 4.79 Å². The van der Waals surface area contributed by atoms with E-state index in [-0.39, 0.29) is 11.9 Å². The molecule has 0 bridgehead atoms. The molecule has 1 aliphatic rings. The predicted octanol–water partition coefficient (Wildman–Crippen LogP) is 7.10. The fraction of sp³-hybridized carbons (Fsp3) is 0.143. The topological polar surface area (TPSA) is 44.7 Å². The predicted molar refractivity (Wildman–Crippen MR) is 127 cm³/mol. The summed E-state index contributed by atoms with van der Waals surface area (Å²) in [4.78, 5) is 12.9. The van der Waals surface area contributed by atoms with Gasteiger partial charge in [0.05, 0.1) is 38.2 Å². The van der Waals surface area contributed by atoms with E-state index in [1.165, 1.54) is 11.3 Å². The van der Waals surface area contributed by atoms with Crippen LogP contribution in [0.3, 0.4) is 0 Å².